The summed E-state index contributed by atoms with van der Waals surface area (Å²) in [5.41, 5.74) is 4.65. The third-order valence-electron chi connectivity index (χ3n) is 9.57. The number of benzene rings is 3. The molecule has 41 heavy (non-hydrogen) atoms. The molecule has 6 rings (SSSR count). The van der Waals surface area contributed by atoms with Gasteiger partial charge in [0.15, 0.2) is 0 Å². The highest BCUT2D eigenvalue weighted by Gasteiger charge is 2.55. The zero-order chi connectivity index (χ0) is 28.2. The van der Waals surface area contributed by atoms with Gasteiger partial charge in [0.05, 0.1) is 5.92 Å². The van der Waals surface area contributed by atoms with E-state index < -0.39 is 0 Å². The van der Waals surface area contributed by atoms with Crippen LogP contribution in [0.25, 0.3) is 0 Å². The van der Waals surface area contributed by atoms with E-state index in [1.165, 1.54) is 24.0 Å². The lowest BCUT2D eigenvalue weighted by atomic mass is 9.52. The van der Waals surface area contributed by atoms with Crippen molar-refractivity contribution in [2.24, 2.45) is 5.92 Å². The molecular weight excluding hydrogens is 514 g/mol. The lowest BCUT2D eigenvalue weighted by molar-refractivity contribution is -0.152. The van der Waals surface area contributed by atoms with Crippen LogP contribution in [0.2, 0.25) is 0 Å². The number of nitrogens with zero attached hydrogens (tertiary/aromatic N) is 1. The fourth-order valence-corrected chi connectivity index (χ4v) is 7.58. The van der Waals surface area contributed by atoms with Gasteiger partial charge in [0.2, 0.25) is 6.79 Å². The second-order valence-corrected chi connectivity index (χ2v) is 11.7. The molecule has 0 radical (unpaired) electrons. The molecule has 1 unspecified atom stereocenters. The van der Waals surface area contributed by atoms with Gasteiger partial charge in [-0.3, -0.25) is 4.79 Å². The fourth-order valence-electron chi connectivity index (χ4n) is 7.58. The predicted molar refractivity (Wildman–Crippen MR) is 157 cm³/mol. The molecule has 2 bridgehead atoms. The Morgan fingerprint density at radius 2 is 1.73 bits per heavy atom. The van der Waals surface area contributed by atoms with Crippen LogP contribution in [0.4, 0.5) is 4.79 Å². The molecule has 6 nitrogen and oxygen atoms in total. The number of ether oxygens (including phenoxy) is 3. The molecule has 0 N–H and O–H groups in total. The molecule has 0 spiro atoms. The SMILES string of the molecule is CCC(C(=O)OCOc1ccc2c(c1)[C@]13CCCC[C@@H]1[C@H](C2)N(C(=O)OCc1ccccc1)CC3)c1ccccc1. The summed E-state index contributed by atoms with van der Waals surface area (Å²) in [7, 11) is 0. The van der Waals surface area contributed by atoms with Crippen molar-refractivity contribution in [3.63, 3.8) is 0 Å². The van der Waals surface area contributed by atoms with Crippen molar-refractivity contribution in [1.82, 2.24) is 4.90 Å². The first-order chi connectivity index (χ1) is 20.1. The Bertz CT molecular complexity index is 1360. The number of piperidine rings is 1. The molecule has 2 aliphatic carbocycles. The Labute approximate surface area is 242 Å². The van der Waals surface area contributed by atoms with E-state index in [1.807, 2.05) is 78.6 Å². The van der Waals surface area contributed by atoms with Crippen LogP contribution >= 0.6 is 0 Å². The molecular formula is C35H39NO5. The third kappa shape index (κ3) is 5.44. The monoisotopic (exact) mass is 553 g/mol. The number of amides is 1. The number of carbonyl (C=O) groups is 2. The molecule has 1 aliphatic heterocycles. The number of rotatable bonds is 8. The highest BCUT2D eigenvalue weighted by Crippen LogP contribution is 2.56. The van der Waals surface area contributed by atoms with Crippen LogP contribution in [0, 0.1) is 5.92 Å². The van der Waals surface area contributed by atoms with Crippen LogP contribution in [0.1, 0.15) is 73.6 Å². The highest BCUT2D eigenvalue weighted by molar-refractivity contribution is 5.78. The Morgan fingerprint density at radius 3 is 2.51 bits per heavy atom. The summed E-state index contributed by atoms with van der Waals surface area (Å²) in [5.74, 6) is 0.570. The minimum atomic E-state index is -0.299. The van der Waals surface area contributed by atoms with Crippen LogP contribution in [0.5, 0.6) is 5.75 Å². The molecule has 1 saturated heterocycles. The summed E-state index contributed by atoms with van der Waals surface area (Å²) in [6.07, 6.45) is 6.85. The maximum atomic E-state index is 13.3. The summed E-state index contributed by atoms with van der Waals surface area (Å²) in [6.45, 7) is 2.88. The summed E-state index contributed by atoms with van der Waals surface area (Å²) in [5, 5.41) is 0. The van der Waals surface area contributed by atoms with Crippen LogP contribution in [-0.4, -0.2) is 36.3 Å². The van der Waals surface area contributed by atoms with E-state index in [1.54, 1.807) is 0 Å². The molecule has 3 aliphatic rings. The maximum Gasteiger partial charge on any atom is 0.410 e. The highest BCUT2D eigenvalue weighted by atomic mass is 16.7. The van der Waals surface area contributed by atoms with Gasteiger partial charge < -0.3 is 19.1 Å². The van der Waals surface area contributed by atoms with Gasteiger partial charge in [0.25, 0.3) is 0 Å². The predicted octanol–water partition coefficient (Wildman–Crippen LogP) is 7.16. The van der Waals surface area contributed by atoms with Gasteiger partial charge in [-0.25, -0.2) is 4.79 Å². The van der Waals surface area contributed by atoms with E-state index in [-0.39, 0.29) is 36.2 Å². The largest absolute Gasteiger partial charge is 0.457 e. The van der Waals surface area contributed by atoms with Crippen LogP contribution in [0.3, 0.4) is 0 Å². The van der Waals surface area contributed by atoms with Gasteiger partial charge in [-0.15, -0.1) is 0 Å². The Morgan fingerprint density at radius 1 is 0.951 bits per heavy atom. The Hall–Kier alpha value is -3.80. The van der Waals surface area contributed by atoms with Crippen molar-refractivity contribution < 1.29 is 23.8 Å². The molecule has 1 saturated carbocycles. The molecule has 3 aromatic carbocycles. The Kier molecular flexibility index (Phi) is 8.00. The number of carbonyl (C=O) groups excluding carboxylic acids is 2. The first-order valence-electron chi connectivity index (χ1n) is 15.0. The van der Waals surface area contributed by atoms with Crippen LogP contribution in [-0.2, 0) is 32.7 Å². The van der Waals surface area contributed by atoms with Crippen LogP contribution in [0.15, 0.2) is 78.9 Å². The molecule has 4 atom stereocenters. The molecule has 2 fully saturated rings. The van der Waals surface area contributed by atoms with E-state index in [0.29, 0.717) is 25.5 Å². The topological polar surface area (TPSA) is 65.1 Å². The van der Waals surface area contributed by atoms with Gasteiger partial charge in [-0.2, -0.15) is 0 Å². The van der Waals surface area contributed by atoms with Gasteiger partial charge in [0, 0.05) is 18.0 Å². The number of esters is 1. The Balaban J connectivity index is 1.14. The summed E-state index contributed by atoms with van der Waals surface area (Å²) >= 11 is 0. The van der Waals surface area contributed by atoms with Crippen molar-refractivity contribution in [2.45, 2.75) is 75.9 Å². The molecule has 214 valence electrons. The fraction of sp³-hybridized carbons (Fsp3) is 0.429. The van der Waals surface area contributed by atoms with Crippen molar-refractivity contribution >= 4 is 12.1 Å². The first kappa shape index (κ1) is 27.4. The minimum Gasteiger partial charge on any atom is -0.457 e. The molecule has 3 aromatic rings. The molecule has 0 aromatic heterocycles. The smallest absolute Gasteiger partial charge is 0.410 e. The number of likely N-dealkylation sites (tertiary alicyclic amines) is 1. The number of hydrogen-bond donors (Lipinski definition) is 0. The zero-order valence-corrected chi connectivity index (χ0v) is 23.8. The van der Waals surface area contributed by atoms with E-state index in [9.17, 15) is 9.59 Å². The average Bonchev–Trinajstić information content (AvgIpc) is 3.01. The van der Waals surface area contributed by atoms with E-state index in [4.69, 9.17) is 14.2 Å². The van der Waals surface area contributed by atoms with Gasteiger partial charge in [-0.05, 0) is 72.4 Å². The van der Waals surface area contributed by atoms with Crippen LogP contribution < -0.4 is 4.74 Å². The lowest BCUT2D eigenvalue weighted by Gasteiger charge is -2.58. The van der Waals surface area contributed by atoms with Crippen molar-refractivity contribution in [3.8, 4) is 5.75 Å². The normalized spacial score (nSPS) is 23.5. The van der Waals surface area contributed by atoms with Crippen molar-refractivity contribution in [1.29, 1.82) is 0 Å². The molecule has 1 heterocycles. The number of fused-ring (bicyclic) bond motifs is 1. The number of hydrogen-bond acceptors (Lipinski definition) is 5. The maximum absolute atomic E-state index is 13.3. The summed E-state index contributed by atoms with van der Waals surface area (Å²) in [4.78, 5) is 28.1. The van der Waals surface area contributed by atoms with E-state index in [2.05, 4.69) is 12.1 Å². The average molecular weight is 554 g/mol. The minimum absolute atomic E-state index is 0.0450. The summed E-state index contributed by atoms with van der Waals surface area (Å²) < 4.78 is 17.3. The molecule has 1 amide bonds. The van der Waals surface area contributed by atoms with Crippen molar-refractivity contribution in [3.05, 3.63) is 101 Å². The second kappa shape index (κ2) is 12.0. The van der Waals surface area contributed by atoms with Crippen molar-refractivity contribution in [2.75, 3.05) is 13.3 Å². The lowest BCUT2D eigenvalue weighted by Crippen LogP contribution is -2.62. The van der Waals surface area contributed by atoms with Gasteiger partial charge >= 0.3 is 12.1 Å². The van der Waals surface area contributed by atoms with E-state index in [0.717, 1.165) is 42.6 Å². The van der Waals surface area contributed by atoms with Gasteiger partial charge in [-0.1, -0.05) is 86.5 Å². The standard InChI is InChI=1S/C35H39NO5/c1-2-29(26-13-7-4-8-14-26)33(37)41-24-40-28-17-16-27-21-32-30-15-9-10-18-35(30,31(27)22-28)19-20-36(32)34(38)39-23-25-11-5-3-6-12-25/h3-8,11-14,16-17,22,29-30,32H,2,9-10,15,18-21,23-24H2,1H3/t29?,30-,32+,35+/m1/s1. The first-order valence-corrected chi connectivity index (χ1v) is 15.0. The zero-order valence-electron chi connectivity index (χ0n) is 23.8. The van der Waals surface area contributed by atoms with E-state index >= 15 is 0 Å². The third-order valence-corrected chi connectivity index (χ3v) is 9.57. The quantitative estimate of drug-likeness (QED) is 0.219. The summed E-state index contributed by atoms with van der Waals surface area (Å²) in [6, 6.07) is 26.0. The van der Waals surface area contributed by atoms with Gasteiger partial charge in [0.1, 0.15) is 12.4 Å². The molecule has 6 heteroatoms. The second-order valence-electron chi connectivity index (χ2n) is 11.7.